The molecule has 138 valence electrons. The molecule has 0 aliphatic carbocycles. The van der Waals surface area contributed by atoms with Crippen LogP contribution in [0.25, 0.3) is 0 Å². The summed E-state index contributed by atoms with van der Waals surface area (Å²) in [6.07, 6.45) is 1.29. The van der Waals surface area contributed by atoms with E-state index in [4.69, 9.17) is 0 Å². The van der Waals surface area contributed by atoms with E-state index < -0.39 is 23.3 Å². The number of amides is 1. The summed E-state index contributed by atoms with van der Waals surface area (Å²) in [5.41, 5.74) is 0.615. The number of anilines is 3. The van der Waals surface area contributed by atoms with E-state index in [0.29, 0.717) is 11.3 Å². The predicted molar refractivity (Wildman–Crippen MR) is 92.6 cm³/mol. The van der Waals surface area contributed by atoms with Crippen molar-refractivity contribution in [3.05, 3.63) is 83.6 Å². The highest BCUT2D eigenvalue weighted by molar-refractivity contribution is 5.92. The van der Waals surface area contributed by atoms with E-state index in [0.717, 1.165) is 12.1 Å². The molecule has 0 bridgehead atoms. The maximum absolute atomic E-state index is 13.6. The highest BCUT2D eigenvalue weighted by Crippen LogP contribution is 2.23. The van der Waals surface area contributed by atoms with E-state index in [1.54, 1.807) is 6.07 Å². The van der Waals surface area contributed by atoms with Gasteiger partial charge in [-0.2, -0.15) is 0 Å². The van der Waals surface area contributed by atoms with Crippen molar-refractivity contribution in [1.82, 2.24) is 4.98 Å². The van der Waals surface area contributed by atoms with Gasteiger partial charge in [-0.15, -0.1) is 0 Å². The lowest BCUT2D eigenvalue weighted by Gasteiger charge is -2.09. The average molecular weight is 375 g/mol. The molecule has 0 unspecified atom stereocenters. The van der Waals surface area contributed by atoms with Crippen molar-refractivity contribution in [2.45, 2.75) is 6.42 Å². The van der Waals surface area contributed by atoms with E-state index in [-0.39, 0.29) is 23.8 Å². The van der Waals surface area contributed by atoms with Crippen molar-refractivity contribution in [2.75, 3.05) is 10.6 Å². The summed E-state index contributed by atoms with van der Waals surface area (Å²) in [4.78, 5) is 16.0. The van der Waals surface area contributed by atoms with Crippen LogP contribution in [-0.2, 0) is 11.2 Å². The van der Waals surface area contributed by atoms with Crippen molar-refractivity contribution < 1.29 is 22.4 Å². The second kappa shape index (κ2) is 7.86. The molecule has 8 heteroatoms. The largest absolute Gasteiger partial charge is 0.338 e. The van der Waals surface area contributed by atoms with Crippen LogP contribution in [0.15, 0.2) is 54.7 Å². The van der Waals surface area contributed by atoms with Crippen LogP contribution in [0.3, 0.4) is 0 Å². The Bertz CT molecular complexity index is 977. The minimum absolute atomic E-state index is 0.0160. The first-order valence-electron chi connectivity index (χ1n) is 7.83. The second-order valence-electron chi connectivity index (χ2n) is 5.63. The minimum Gasteiger partial charge on any atom is -0.338 e. The van der Waals surface area contributed by atoms with E-state index in [1.165, 1.54) is 36.5 Å². The van der Waals surface area contributed by atoms with Crippen LogP contribution in [0.5, 0.6) is 0 Å². The molecule has 1 aromatic heterocycles. The van der Waals surface area contributed by atoms with Gasteiger partial charge in [-0.3, -0.25) is 4.79 Å². The number of carbonyl (C=O) groups is 1. The summed E-state index contributed by atoms with van der Waals surface area (Å²) in [6, 6.07) is 10.5. The van der Waals surface area contributed by atoms with Crippen LogP contribution < -0.4 is 10.6 Å². The van der Waals surface area contributed by atoms with Crippen LogP contribution in [0.1, 0.15) is 5.56 Å². The molecule has 3 rings (SSSR count). The Morgan fingerprint density at radius 2 is 1.78 bits per heavy atom. The molecule has 3 aromatic rings. The van der Waals surface area contributed by atoms with Crippen LogP contribution in [-0.4, -0.2) is 10.9 Å². The van der Waals surface area contributed by atoms with Crippen molar-refractivity contribution in [2.24, 2.45) is 0 Å². The van der Waals surface area contributed by atoms with Gasteiger partial charge in [-0.25, -0.2) is 22.5 Å². The lowest BCUT2D eigenvalue weighted by atomic mass is 10.1. The highest BCUT2D eigenvalue weighted by Gasteiger charge is 2.13. The number of halogens is 4. The zero-order valence-corrected chi connectivity index (χ0v) is 13.8. The maximum atomic E-state index is 13.6. The average Bonchev–Trinajstić information content (AvgIpc) is 2.64. The first kappa shape index (κ1) is 18.4. The smallest absolute Gasteiger partial charge is 0.228 e. The molecular weight excluding hydrogens is 362 g/mol. The monoisotopic (exact) mass is 375 g/mol. The molecule has 0 spiro atoms. The Hall–Kier alpha value is -3.42. The van der Waals surface area contributed by atoms with Gasteiger partial charge in [-0.1, -0.05) is 12.1 Å². The summed E-state index contributed by atoms with van der Waals surface area (Å²) in [6.45, 7) is 0. The lowest BCUT2D eigenvalue weighted by Crippen LogP contribution is -2.14. The quantitative estimate of drug-likeness (QED) is 0.508. The van der Waals surface area contributed by atoms with Crippen LogP contribution in [0.4, 0.5) is 34.8 Å². The molecule has 1 amide bonds. The van der Waals surface area contributed by atoms with Crippen molar-refractivity contribution >= 4 is 23.1 Å². The Morgan fingerprint density at radius 3 is 2.48 bits per heavy atom. The van der Waals surface area contributed by atoms with Gasteiger partial charge in [0.15, 0.2) is 17.5 Å². The fourth-order valence-corrected chi connectivity index (χ4v) is 2.34. The summed E-state index contributed by atoms with van der Waals surface area (Å²) in [5, 5.41) is 5.11. The molecule has 2 N–H and O–H groups in total. The van der Waals surface area contributed by atoms with Crippen LogP contribution >= 0.6 is 0 Å². The molecule has 1 heterocycles. The number of hydrogen-bond acceptors (Lipinski definition) is 3. The zero-order chi connectivity index (χ0) is 19.4. The number of pyridine rings is 1. The minimum atomic E-state index is -1.58. The number of rotatable bonds is 5. The number of carbonyl (C=O) groups excluding carboxylic acids is 1. The third-order valence-corrected chi connectivity index (χ3v) is 3.60. The Balaban J connectivity index is 1.63. The zero-order valence-electron chi connectivity index (χ0n) is 13.8. The van der Waals surface area contributed by atoms with Gasteiger partial charge >= 0.3 is 0 Å². The second-order valence-corrected chi connectivity index (χ2v) is 5.63. The third-order valence-electron chi connectivity index (χ3n) is 3.60. The predicted octanol–water partition coefficient (Wildman–Crippen LogP) is 4.56. The molecule has 0 atom stereocenters. The summed E-state index contributed by atoms with van der Waals surface area (Å²) >= 11 is 0. The van der Waals surface area contributed by atoms with Gasteiger partial charge in [0.1, 0.15) is 11.6 Å². The number of nitrogens with one attached hydrogen (secondary N) is 2. The first-order valence-corrected chi connectivity index (χ1v) is 7.83. The molecule has 0 saturated carbocycles. The molecule has 27 heavy (non-hydrogen) atoms. The molecule has 0 saturated heterocycles. The fourth-order valence-electron chi connectivity index (χ4n) is 2.34. The van der Waals surface area contributed by atoms with E-state index in [2.05, 4.69) is 15.6 Å². The van der Waals surface area contributed by atoms with Crippen molar-refractivity contribution in [1.29, 1.82) is 0 Å². The molecular formula is C19H13F4N3O. The van der Waals surface area contributed by atoms with Gasteiger partial charge in [0.05, 0.1) is 24.0 Å². The van der Waals surface area contributed by atoms with E-state index in [9.17, 15) is 22.4 Å². The number of nitrogens with zero attached hydrogens (tertiary/aromatic N) is 1. The van der Waals surface area contributed by atoms with Gasteiger partial charge in [0.25, 0.3) is 0 Å². The molecule has 4 nitrogen and oxygen atoms in total. The Labute approximate surface area is 151 Å². The lowest BCUT2D eigenvalue weighted by molar-refractivity contribution is -0.115. The summed E-state index contributed by atoms with van der Waals surface area (Å²) in [7, 11) is 0. The van der Waals surface area contributed by atoms with Crippen LogP contribution in [0.2, 0.25) is 0 Å². The summed E-state index contributed by atoms with van der Waals surface area (Å²) in [5.74, 6) is -4.85. The normalized spacial score (nSPS) is 10.5. The molecule has 0 radical (unpaired) electrons. The van der Waals surface area contributed by atoms with Crippen molar-refractivity contribution in [3.8, 4) is 0 Å². The first-order chi connectivity index (χ1) is 12.9. The SMILES string of the molecule is O=C(Cc1cccc(F)c1)Nc1ccc(Nc2ccc(F)c(F)c2F)nc1. The maximum Gasteiger partial charge on any atom is 0.228 e. The van der Waals surface area contributed by atoms with Crippen molar-refractivity contribution in [3.63, 3.8) is 0 Å². The summed E-state index contributed by atoms with van der Waals surface area (Å²) < 4.78 is 52.9. The van der Waals surface area contributed by atoms with E-state index >= 15 is 0 Å². The van der Waals surface area contributed by atoms with E-state index in [1.807, 2.05) is 0 Å². The fraction of sp³-hybridized carbons (Fsp3) is 0.0526. The highest BCUT2D eigenvalue weighted by atomic mass is 19.2. The van der Waals surface area contributed by atoms with Gasteiger partial charge < -0.3 is 10.6 Å². The van der Waals surface area contributed by atoms with Crippen LogP contribution in [0, 0.1) is 23.3 Å². The van der Waals surface area contributed by atoms with Gasteiger partial charge in [-0.05, 0) is 42.0 Å². The number of aromatic nitrogens is 1. The number of hydrogen-bond donors (Lipinski definition) is 2. The Morgan fingerprint density at radius 1 is 0.963 bits per heavy atom. The molecule has 0 fully saturated rings. The topological polar surface area (TPSA) is 54.0 Å². The standard InChI is InChI=1S/C19H13F4N3O/c20-12-3-1-2-11(8-12)9-17(27)25-13-4-7-16(24-10-13)26-15-6-5-14(21)18(22)19(15)23/h1-8,10H,9H2,(H,24,26)(H,25,27). The third kappa shape index (κ3) is 4.60. The molecule has 0 aliphatic rings. The molecule has 0 aliphatic heterocycles. The molecule has 2 aromatic carbocycles. The Kier molecular flexibility index (Phi) is 5.35. The number of benzene rings is 2. The van der Waals surface area contributed by atoms with Gasteiger partial charge in [0, 0.05) is 0 Å². The van der Waals surface area contributed by atoms with Gasteiger partial charge in [0.2, 0.25) is 5.91 Å².